The lowest BCUT2D eigenvalue weighted by Gasteiger charge is -2.80. The van der Waals surface area contributed by atoms with Gasteiger partial charge in [-0.05, 0) is 135 Å². The predicted octanol–water partition coefficient (Wildman–Crippen LogP) is 12.8. The summed E-state index contributed by atoms with van der Waals surface area (Å²) >= 11 is 6.23. The molecule has 4 unspecified atom stereocenters. The van der Waals surface area contributed by atoms with Gasteiger partial charge in [-0.3, -0.25) is 0 Å². The van der Waals surface area contributed by atoms with Gasteiger partial charge in [-0.25, -0.2) is 0 Å². The first-order valence-electron chi connectivity index (χ1n) is 17.4. The van der Waals surface area contributed by atoms with Crippen molar-refractivity contribution in [2.24, 2.45) is 32.5 Å². The van der Waals surface area contributed by atoms with Crippen LogP contribution in [0.3, 0.4) is 0 Å². The molecule has 0 aromatic carbocycles. The van der Waals surface area contributed by atoms with Crippen molar-refractivity contribution in [1.29, 1.82) is 0 Å². The predicted molar refractivity (Wildman–Crippen MR) is 182 cm³/mol. The first kappa shape index (κ1) is 29.5. The smallest absolute Gasteiger partial charge is 0.0238 e. The second-order valence-corrected chi connectivity index (χ2v) is 22.0. The van der Waals surface area contributed by atoms with Crippen molar-refractivity contribution in [1.82, 2.24) is 0 Å². The van der Waals surface area contributed by atoms with E-state index in [1.165, 1.54) is 51.4 Å². The second kappa shape index (κ2) is 10.0. The zero-order chi connectivity index (χ0) is 27.0. The molecule has 0 amide bonds. The summed E-state index contributed by atoms with van der Waals surface area (Å²) in [6.07, 6.45) is 37.0. The largest absolute Gasteiger partial charge is 0.0788 e. The molecule has 0 aromatic rings. The fourth-order valence-electron chi connectivity index (χ4n) is 14.3. The Morgan fingerprint density at radius 1 is 0.368 bits per heavy atom. The van der Waals surface area contributed by atoms with Gasteiger partial charge >= 0.3 is 0 Å². The molecule has 8 rings (SSSR count). The van der Waals surface area contributed by atoms with E-state index in [9.17, 15) is 0 Å². The average Bonchev–Trinajstić information content (AvgIpc) is 2.81. The van der Waals surface area contributed by atoms with Crippen molar-refractivity contribution in [2.75, 3.05) is 0 Å². The number of rotatable bonds is 13. The lowest BCUT2D eigenvalue weighted by Crippen LogP contribution is -2.72. The summed E-state index contributed by atoms with van der Waals surface area (Å²) in [7, 11) is 0. The van der Waals surface area contributed by atoms with Crippen molar-refractivity contribution in [2.45, 2.75) is 189 Å². The summed E-state index contributed by atoms with van der Waals surface area (Å²) in [6, 6.07) is 0. The van der Waals surface area contributed by atoms with E-state index >= 15 is 0 Å². The molecular weight excluding hydrogens is 686 g/mol. The molecule has 4 atom stereocenters. The molecular formula is C36H60I2. The van der Waals surface area contributed by atoms with Gasteiger partial charge < -0.3 is 0 Å². The lowest BCUT2D eigenvalue weighted by atomic mass is 9.27. The van der Waals surface area contributed by atoms with Gasteiger partial charge in [0.2, 0.25) is 0 Å². The van der Waals surface area contributed by atoms with Gasteiger partial charge in [0.05, 0.1) is 0 Å². The Labute approximate surface area is 264 Å². The molecule has 0 saturated heterocycles. The molecule has 8 bridgehead atoms. The van der Waals surface area contributed by atoms with Crippen LogP contribution in [0.1, 0.15) is 182 Å². The molecule has 8 aliphatic rings. The van der Waals surface area contributed by atoms with Gasteiger partial charge in [0.15, 0.2) is 0 Å². The van der Waals surface area contributed by atoms with Gasteiger partial charge in [0.25, 0.3) is 0 Å². The maximum absolute atomic E-state index is 3.11. The highest BCUT2D eigenvalue weighted by Crippen LogP contribution is 2.86. The molecule has 0 heterocycles. The highest BCUT2D eigenvalue weighted by molar-refractivity contribution is 14.1. The van der Waals surface area contributed by atoms with Crippen molar-refractivity contribution in [3.8, 4) is 0 Å². The van der Waals surface area contributed by atoms with Crippen molar-refractivity contribution >= 4 is 45.2 Å². The van der Waals surface area contributed by atoms with Crippen LogP contribution in [-0.2, 0) is 0 Å². The van der Waals surface area contributed by atoms with Gasteiger partial charge in [-0.1, -0.05) is 124 Å². The van der Waals surface area contributed by atoms with Crippen LogP contribution in [0.15, 0.2) is 0 Å². The Morgan fingerprint density at radius 2 is 0.632 bits per heavy atom. The quantitative estimate of drug-likeness (QED) is 0.130. The molecule has 8 aliphatic carbocycles. The summed E-state index contributed by atoms with van der Waals surface area (Å²) < 4.78 is 1.20. The van der Waals surface area contributed by atoms with Crippen molar-refractivity contribution in [3.05, 3.63) is 0 Å². The zero-order valence-corrected chi connectivity index (χ0v) is 30.0. The van der Waals surface area contributed by atoms with E-state index in [4.69, 9.17) is 0 Å². The van der Waals surface area contributed by atoms with Crippen LogP contribution < -0.4 is 0 Å². The fraction of sp³-hybridized carbons (Fsp3) is 1.00. The SMILES string of the molecule is CCCCC12CC3(I)CC(CCCC)(C1)CC(C14CC5(I)CC(CCCC)(CC(CCCC)(C5)C1)C4)(C3)C2. The molecule has 0 spiro atoms. The van der Waals surface area contributed by atoms with Crippen LogP contribution in [-0.4, -0.2) is 6.84 Å². The minimum absolute atomic E-state index is 0.600. The lowest BCUT2D eigenvalue weighted by molar-refractivity contribution is -0.264. The number of hydrogen-bond donors (Lipinski definition) is 0. The highest BCUT2D eigenvalue weighted by atomic mass is 127. The summed E-state index contributed by atoms with van der Waals surface area (Å²) in [5, 5.41) is 0. The molecule has 2 heteroatoms. The monoisotopic (exact) mass is 746 g/mol. The molecule has 0 nitrogen and oxygen atoms in total. The Kier molecular flexibility index (Phi) is 7.77. The van der Waals surface area contributed by atoms with E-state index in [2.05, 4.69) is 72.9 Å². The summed E-state index contributed by atoms with van der Waals surface area (Å²) in [5.41, 5.74) is 4.00. The van der Waals surface area contributed by atoms with Gasteiger partial charge in [0.1, 0.15) is 0 Å². The van der Waals surface area contributed by atoms with Gasteiger partial charge in [-0.2, -0.15) is 0 Å². The third kappa shape index (κ3) is 4.74. The first-order valence-corrected chi connectivity index (χ1v) is 19.5. The zero-order valence-electron chi connectivity index (χ0n) is 25.7. The topological polar surface area (TPSA) is 0 Å². The summed E-state index contributed by atoms with van der Waals surface area (Å²) in [5.74, 6) is 0. The Balaban J connectivity index is 1.46. The first-order chi connectivity index (χ1) is 18.0. The Morgan fingerprint density at radius 3 is 0.868 bits per heavy atom. The number of unbranched alkanes of at least 4 members (excludes halogenated alkanes) is 4. The van der Waals surface area contributed by atoms with Crippen LogP contribution in [0.25, 0.3) is 0 Å². The molecule has 0 aliphatic heterocycles. The Bertz CT molecular complexity index is 768. The Hall–Kier alpha value is 1.46. The van der Waals surface area contributed by atoms with E-state index in [1.54, 1.807) is 103 Å². The van der Waals surface area contributed by atoms with Crippen LogP contribution in [0, 0.1) is 32.5 Å². The average molecular weight is 747 g/mol. The third-order valence-electron chi connectivity index (χ3n) is 13.8. The highest BCUT2D eigenvalue weighted by Gasteiger charge is 2.77. The number of alkyl halides is 2. The van der Waals surface area contributed by atoms with Crippen molar-refractivity contribution < 1.29 is 0 Å². The van der Waals surface area contributed by atoms with E-state index in [1.807, 2.05) is 0 Å². The molecule has 0 N–H and O–H groups in total. The minimum Gasteiger partial charge on any atom is -0.0788 e. The van der Waals surface area contributed by atoms with E-state index in [0.717, 1.165) is 0 Å². The maximum Gasteiger partial charge on any atom is 0.0238 e. The van der Waals surface area contributed by atoms with Crippen LogP contribution in [0.4, 0.5) is 0 Å². The molecule has 8 saturated carbocycles. The number of halogens is 2. The normalized spacial score (nSPS) is 52.3. The minimum atomic E-state index is 0.600. The molecule has 218 valence electrons. The summed E-state index contributed by atoms with van der Waals surface area (Å²) in [4.78, 5) is 0. The van der Waals surface area contributed by atoms with Crippen LogP contribution >= 0.6 is 45.2 Å². The van der Waals surface area contributed by atoms with E-state index in [-0.39, 0.29) is 0 Å². The molecule has 0 aromatic heterocycles. The van der Waals surface area contributed by atoms with E-state index in [0.29, 0.717) is 39.3 Å². The van der Waals surface area contributed by atoms with Gasteiger partial charge in [0, 0.05) is 6.84 Å². The fourth-order valence-corrected chi connectivity index (χ4v) is 19.0. The van der Waals surface area contributed by atoms with Crippen LogP contribution in [0.2, 0.25) is 0 Å². The van der Waals surface area contributed by atoms with Crippen LogP contribution in [0.5, 0.6) is 0 Å². The van der Waals surface area contributed by atoms with E-state index < -0.39 is 0 Å². The molecule has 8 fully saturated rings. The van der Waals surface area contributed by atoms with Gasteiger partial charge in [-0.15, -0.1) is 0 Å². The molecule has 0 radical (unpaired) electrons. The van der Waals surface area contributed by atoms with Crippen molar-refractivity contribution in [3.63, 3.8) is 0 Å². The number of hydrogen-bond acceptors (Lipinski definition) is 0. The third-order valence-corrected chi connectivity index (χ3v) is 16.1. The second-order valence-electron chi connectivity index (χ2n) is 17.4. The standard InChI is InChI=1S/C36H60I2/c1-5-9-13-29-17-30(14-10-6-2)20-33(19-29,27-35(37,23-29)24-30)34-21-31(15-11-7-3)18-32(22-34,16-12-8-4)26-36(38,25-31)28-34/h5-28H2,1-4H3. The summed E-state index contributed by atoms with van der Waals surface area (Å²) in [6.45, 7) is 9.82. The molecule has 38 heavy (non-hydrogen) atoms. The maximum atomic E-state index is 3.11.